The smallest absolute Gasteiger partial charge is 0.259 e. The number of benzene rings is 2. The van der Waals surface area contributed by atoms with Crippen molar-refractivity contribution >= 4 is 5.91 Å². The third kappa shape index (κ3) is 3.42. The monoisotopic (exact) mass is 339 g/mol. The lowest BCUT2D eigenvalue weighted by atomic mass is 10.1. The highest BCUT2D eigenvalue weighted by atomic mass is 19.1. The molecule has 0 N–H and O–H groups in total. The number of aromatic nitrogens is 2. The lowest BCUT2D eigenvalue weighted by Gasteiger charge is -2.19. The Labute approximate surface area is 145 Å². The summed E-state index contributed by atoms with van der Waals surface area (Å²) in [5.74, 6) is 0.195. The highest BCUT2D eigenvalue weighted by Gasteiger charge is 2.20. The Morgan fingerprint density at radius 2 is 1.76 bits per heavy atom. The van der Waals surface area contributed by atoms with Gasteiger partial charge in [-0.1, -0.05) is 17.3 Å². The van der Waals surface area contributed by atoms with Crippen molar-refractivity contribution in [1.82, 2.24) is 15.0 Å². The molecule has 3 rings (SSSR count). The van der Waals surface area contributed by atoms with E-state index in [1.165, 1.54) is 12.1 Å². The molecule has 0 unspecified atom stereocenters. The van der Waals surface area contributed by atoms with Crippen LogP contribution in [0.5, 0.6) is 0 Å². The maximum absolute atomic E-state index is 13.1. The van der Waals surface area contributed by atoms with Crippen LogP contribution in [-0.4, -0.2) is 34.0 Å². The lowest BCUT2D eigenvalue weighted by Crippen LogP contribution is -2.30. The average molecular weight is 339 g/mol. The van der Waals surface area contributed by atoms with Gasteiger partial charge in [-0.2, -0.15) is 4.98 Å². The molecule has 0 saturated heterocycles. The van der Waals surface area contributed by atoms with Gasteiger partial charge in [-0.25, -0.2) is 4.39 Å². The molecule has 0 aliphatic heterocycles. The summed E-state index contributed by atoms with van der Waals surface area (Å²) < 4.78 is 18.4. The summed E-state index contributed by atoms with van der Waals surface area (Å²) in [6.07, 6.45) is 0. The van der Waals surface area contributed by atoms with Crippen molar-refractivity contribution in [3.05, 3.63) is 59.9 Å². The Hall–Kier alpha value is -3.02. The first-order chi connectivity index (χ1) is 12.1. The first-order valence-electron chi connectivity index (χ1n) is 8.12. The SMILES string of the molecule is CCN(CC)C(=O)c1ccccc1-c1nc(-c2ccc(F)cc2)no1. The van der Waals surface area contributed by atoms with E-state index in [1.807, 2.05) is 19.9 Å². The van der Waals surface area contributed by atoms with Crippen LogP contribution in [0, 0.1) is 5.82 Å². The number of carbonyl (C=O) groups excluding carboxylic acids is 1. The highest BCUT2D eigenvalue weighted by molar-refractivity contribution is 6.00. The third-order valence-corrected chi connectivity index (χ3v) is 3.97. The van der Waals surface area contributed by atoms with E-state index < -0.39 is 0 Å². The number of amides is 1. The molecule has 0 radical (unpaired) electrons. The van der Waals surface area contributed by atoms with E-state index in [9.17, 15) is 9.18 Å². The van der Waals surface area contributed by atoms with Crippen molar-refractivity contribution in [3.63, 3.8) is 0 Å². The third-order valence-electron chi connectivity index (χ3n) is 3.97. The predicted molar refractivity (Wildman–Crippen MR) is 92.4 cm³/mol. The van der Waals surface area contributed by atoms with Gasteiger partial charge in [0.15, 0.2) is 0 Å². The van der Waals surface area contributed by atoms with Gasteiger partial charge in [0.1, 0.15) is 5.82 Å². The van der Waals surface area contributed by atoms with Crippen LogP contribution in [0.2, 0.25) is 0 Å². The molecule has 6 heteroatoms. The molecule has 1 aromatic heterocycles. The zero-order valence-corrected chi connectivity index (χ0v) is 14.1. The molecular weight excluding hydrogens is 321 g/mol. The molecule has 3 aromatic rings. The molecule has 0 atom stereocenters. The van der Waals surface area contributed by atoms with Gasteiger partial charge in [-0.15, -0.1) is 0 Å². The molecule has 1 heterocycles. The molecule has 5 nitrogen and oxygen atoms in total. The molecule has 2 aromatic carbocycles. The maximum atomic E-state index is 13.1. The van der Waals surface area contributed by atoms with Crippen molar-refractivity contribution in [2.24, 2.45) is 0 Å². The summed E-state index contributed by atoms with van der Waals surface area (Å²) in [5.41, 5.74) is 1.74. The molecular formula is C19H18FN3O2. The second-order valence-corrected chi connectivity index (χ2v) is 5.45. The number of hydrogen-bond acceptors (Lipinski definition) is 4. The van der Waals surface area contributed by atoms with Crippen LogP contribution >= 0.6 is 0 Å². The largest absolute Gasteiger partial charge is 0.339 e. The van der Waals surface area contributed by atoms with Gasteiger partial charge < -0.3 is 9.42 Å². The molecule has 128 valence electrons. The van der Waals surface area contributed by atoms with Crippen molar-refractivity contribution in [2.45, 2.75) is 13.8 Å². The fraction of sp³-hybridized carbons (Fsp3) is 0.211. The van der Waals surface area contributed by atoms with Crippen molar-refractivity contribution < 1.29 is 13.7 Å². The summed E-state index contributed by atoms with van der Waals surface area (Å²) in [4.78, 5) is 18.8. The van der Waals surface area contributed by atoms with E-state index in [0.717, 1.165) is 0 Å². The number of rotatable bonds is 5. The molecule has 0 bridgehead atoms. The fourth-order valence-electron chi connectivity index (χ4n) is 2.59. The second-order valence-electron chi connectivity index (χ2n) is 5.45. The van der Waals surface area contributed by atoms with Crippen LogP contribution in [-0.2, 0) is 0 Å². The van der Waals surface area contributed by atoms with Crippen LogP contribution in [0.4, 0.5) is 4.39 Å². The molecule has 0 aliphatic rings. The number of nitrogens with zero attached hydrogens (tertiary/aromatic N) is 3. The molecule has 25 heavy (non-hydrogen) atoms. The van der Waals surface area contributed by atoms with Gasteiger partial charge in [0.25, 0.3) is 11.8 Å². The van der Waals surface area contributed by atoms with Crippen molar-refractivity contribution in [2.75, 3.05) is 13.1 Å². The number of hydrogen-bond donors (Lipinski definition) is 0. The zero-order chi connectivity index (χ0) is 17.8. The minimum absolute atomic E-state index is 0.0814. The number of halogens is 1. The summed E-state index contributed by atoms with van der Waals surface area (Å²) in [6, 6.07) is 13.0. The summed E-state index contributed by atoms with van der Waals surface area (Å²) in [5, 5.41) is 3.94. The minimum atomic E-state index is -0.331. The van der Waals surface area contributed by atoms with Crippen LogP contribution in [0.25, 0.3) is 22.8 Å². The van der Waals surface area contributed by atoms with E-state index in [0.29, 0.717) is 35.6 Å². The highest BCUT2D eigenvalue weighted by Crippen LogP contribution is 2.26. The number of carbonyl (C=O) groups is 1. The normalized spacial score (nSPS) is 10.7. The van der Waals surface area contributed by atoms with Crippen molar-refractivity contribution in [1.29, 1.82) is 0 Å². The lowest BCUT2D eigenvalue weighted by molar-refractivity contribution is 0.0773. The zero-order valence-electron chi connectivity index (χ0n) is 14.1. The molecule has 0 saturated carbocycles. The molecule has 1 amide bonds. The molecule has 0 aliphatic carbocycles. The van der Waals surface area contributed by atoms with Gasteiger partial charge >= 0.3 is 0 Å². The Balaban J connectivity index is 1.98. The van der Waals surface area contributed by atoms with E-state index in [2.05, 4.69) is 10.1 Å². The summed E-state index contributed by atoms with van der Waals surface area (Å²) >= 11 is 0. The second kappa shape index (κ2) is 7.25. The van der Waals surface area contributed by atoms with Crippen LogP contribution in [0.15, 0.2) is 53.1 Å². The van der Waals surface area contributed by atoms with Gasteiger partial charge in [0.05, 0.1) is 11.1 Å². The first-order valence-corrected chi connectivity index (χ1v) is 8.12. The molecule has 0 spiro atoms. The van der Waals surface area contributed by atoms with E-state index >= 15 is 0 Å². The molecule has 0 fully saturated rings. The van der Waals surface area contributed by atoms with Gasteiger partial charge in [-0.05, 0) is 50.2 Å². The Bertz CT molecular complexity index is 870. The van der Waals surface area contributed by atoms with Crippen LogP contribution < -0.4 is 0 Å². The first kappa shape index (κ1) is 16.8. The predicted octanol–water partition coefficient (Wildman–Crippen LogP) is 4.02. The summed E-state index contributed by atoms with van der Waals surface area (Å²) in [6.45, 7) is 5.11. The summed E-state index contributed by atoms with van der Waals surface area (Å²) in [7, 11) is 0. The van der Waals surface area contributed by atoms with Crippen LogP contribution in [0.3, 0.4) is 0 Å². The minimum Gasteiger partial charge on any atom is -0.339 e. The Morgan fingerprint density at radius 1 is 1.08 bits per heavy atom. The Morgan fingerprint density at radius 3 is 2.44 bits per heavy atom. The fourth-order valence-corrected chi connectivity index (χ4v) is 2.59. The van der Waals surface area contributed by atoms with E-state index in [1.54, 1.807) is 35.2 Å². The van der Waals surface area contributed by atoms with Gasteiger partial charge in [0.2, 0.25) is 5.82 Å². The van der Waals surface area contributed by atoms with Crippen LogP contribution in [0.1, 0.15) is 24.2 Å². The van der Waals surface area contributed by atoms with E-state index in [4.69, 9.17) is 4.52 Å². The van der Waals surface area contributed by atoms with E-state index in [-0.39, 0.29) is 17.6 Å². The average Bonchev–Trinajstić information content (AvgIpc) is 3.13. The quantitative estimate of drug-likeness (QED) is 0.704. The Kier molecular flexibility index (Phi) is 4.88. The van der Waals surface area contributed by atoms with Gasteiger partial charge in [0, 0.05) is 18.7 Å². The topological polar surface area (TPSA) is 59.2 Å². The van der Waals surface area contributed by atoms with Gasteiger partial charge in [-0.3, -0.25) is 4.79 Å². The maximum Gasteiger partial charge on any atom is 0.259 e. The van der Waals surface area contributed by atoms with Crippen molar-refractivity contribution in [3.8, 4) is 22.8 Å². The standard InChI is InChI=1S/C19H18FN3O2/c1-3-23(4-2)19(24)16-8-6-5-7-15(16)18-21-17(22-25-18)13-9-11-14(20)12-10-13/h5-12H,3-4H2,1-2H3.